The van der Waals surface area contributed by atoms with Gasteiger partial charge in [-0.1, -0.05) is 55.1 Å². The van der Waals surface area contributed by atoms with Crippen molar-refractivity contribution in [3.05, 3.63) is 78.4 Å². The largest absolute Gasteiger partial charge is 0.489 e. The van der Waals surface area contributed by atoms with Crippen molar-refractivity contribution < 1.29 is 14.3 Å². The van der Waals surface area contributed by atoms with Crippen LogP contribution in [0.4, 0.5) is 0 Å². The first kappa shape index (κ1) is 16.2. The minimum absolute atomic E-state index is 0.0591. The van der Waals surface area contributed by atoms with Crippen molar-refractivity contribution in [2.75, 3.05) is 6.61 Å². The Morgan fingerprint density at radius 3 is 2.50 bits per heavy atom. The van der Waals surface area contributed by atoms with Gasteiger partial charge in [0.1, 0.15) is 18.1 Å². The van der Waals surface area contributed by atoms with Crippen LogP contribution in [-0.4, -0.2) is 18.2 Å². The zero-order valence-corrected chi connectivity index (χ0v) is 13.7. The molecule has 0 spiro atoms. The lowest BCUT2D eigenvalue weighted by Gasteiger charge is -2.16. The molecule has 3 rings (SSSR count). The van der Waals surface area contributed by atoms with Gasteiger partial charge in [0.05, 0.1) is 11.0 Å². The molecule has 2 unspecified atom stereocenters. The highest BCUT2D eigenvalue weighted by molar-refractivity contribution is 6.18. The number of carbonyl (C=O) groups excluding carboxylic acids is 2. The first-order valence-electron chi connectivity index (χ1n) is 8.04. The molecule has 1 saturated carbocycles. The molecule has 0 aliphatic heterocycles. The predicted molar refractivity (Wildman–Crippen MR) is 93.4 cm³/mol. The fourth-order valence-corrected chi connectivity index (χ4v) is 3.32. The zero-order valence-electron chi connectivity index (χ0n) is 13.7. The van der Waals surface area contributed by atoms with E-state index in [9.17, 15) is 9.59 Å². The molecule has 0 heterocycles. The number of ether oxygens (including phenoxy) is 1. The van der Waals surface area contributed by atoms with Crippen LogP contribution in [-0.2, 0) is 4.79 Å². The molecule has 0 aromatic heterocycles. The SMILES string of the molecule is C=CCOc1ccccc1C(=O)C1(C(C)=O)CC1c1ccccc1. The van der Waals surface area contributed by atoms with Crippen molar-refractivity contribution in [2.24, 2.45) is 5.41 Å². The molecule has 0 radical (unpaired) electrons. The molecule has 0 bridgehead atoms. The van der Waals surface area contributed by atoms with E-state index in [2.05, 4.69) is 6.58 Å². The highest BCUT2D eigenvalue weighted by Crippen LogP contribution is 2.61. The maximum absolute atomic E-state index is 13.2. The summed E-state index contributed by atoms with van der Waals surface area (Å²) in [4.78, 5) is 25.6. The van der Waals surface area contributed by atoms with E-state index in [1.165, 1.54) is 6.92 Å². The Labute approximate surface area is 142 Å². The van der Waals surface area contributed by atoms with Gasteiger partial charge in [0, 0.05) is 5.92 Å². The third kappa shape index (κ3) is 2.67. The molecule has 3 heteroatoms. The summed E-state index contributed by atoms with van der Waals surface area (Å²) >= 11 is 0. The Hall–Kier alpha value is -2.68. The standard InChI is InChI=1S/C21H20O3/c1-3-13-24-19-12-8-7-11-17(19)20(23)21(15(2)22)14-18(21)16-9-5-4-6-10-16/h3-12,18H,1,13-14H2,2H3. The molecule has 3 nitrogen and oxygen atoms in total. The third-order valence-electron chi connectivity index (χ3n) is 4.68. The minimum atomic E-state index is -0.963. The number of ketones is 2. The fraction of sp³-hybridized carbons (Fsp3) is 0.238. The van der Waals surface area contributed by atoms with E-state index in [1.54, 1.807) is 24.3 Å². The van der Waals surface area contributed by atoms with Gasteiger partial charge in [-0.25, -0.2) is 0 Å². The molecule has 24 heavy (non-hydrogen) atoms. The van der Waals surface area contributed by atoms with Crippen LogP contribution >= 0.6 is 0 Å². The Kier molecular flexibility index (Phi) is 4.34. The number of benzene rings is 2. The minimum Gasteiger partial charge on any atom is -0.489 e. The number of para-hydroxylation sites is 1. The average Bonchev–Trinajstić information content (AvgIpc) is 3.37. The second-order valence-electron chi connectivity index (χ2n) is 6.12. The Morgan fingerprint density at radius 1 is 1.17 bits per heavy atom. The summed E-state index contributed by atoms with van der Waals surface area (Å²) in [5, 5.41) is 0. The molecule has 2 aromatic carbocycles. The summed E-state index contributed by atoms with van der Waals surface area (Å²) in [7, 11) is 0. The van der Waals surface area contributed by atoms with E-state index >= 15 is 0 Å². The summed E-state index contributed by atoms with van der Waals surface area (Å²) in [6, 6.07) is 16.8. The van der Waals surface area contributed by atoms with Gasteiger partial charge in [0.15, 0.2) is 5.78 Å². The quantitative estimate of drug-likeness (QED) is 0.436. The molecular weight excluding hydrogens is 300 g/mol. The van der Waals surface area contributed by atoms with Gasteiger partial charge >= 0.3 is 0 Å². The molecule has 0 N–H and O–H groups in total. The van der Waals surface area contributed by atoms with E-state index < -0.39 is 5.41 Å². The number of rotatable bonds is 7. The first-order chi connectivity index (χ1) is 11.6. The van der Waals surface area contributed by atoms with Crippen LogP contribution in [0.25, 0.3) is 0 Å². The lowest BCUT2D eigenvalue weighted by molar-refractivity contribution is -0.120. The molecule has 2 atom stereocenters. The molecule has 0 amide bonds. The van der Waals surface area contributed by atoms with E-state index in [0.717, 1.165) is 5.56 Å². The van der Waals surface area contributed by atoms with Crippen molar-refractivity contribution >= 4 is 11.6 Å². The maximum atomic E-state index is 13.2. The lowest BCUT2D eigenvalue weighted by atomic mass is 9.86. The highest BCUT2D eigenvalue weighted by atomic mass is 16.5. The Balaban J connectivity index is 1.96. The van der Waals surface area contributed by atoms with Crippen molar-refractivity contribution in [3.63, 3.8) is 0 Å². The van der Waals surface area contributed by atoms with Gasteiger partial charge < -0.3 is 4.74 Å². The zero-order chi connectivity index (χ0) is 17.2. The second kappa shape index (κ2) is 6.44. The summed E-state index contributed by atoms with van der Waals surface area (Å²) < 4.78 is 5.60. The number of carbonyl (C=O) groups is 2. The second-order valence-corrected chi connectivity index (χ2v) is 6.12. The van der Waals surface area contributed by atoms with Gasteiger partial charge in [0.25, 0.3) is 0 Å². The summed E-state index contributed by atoms with van der Waals surface area (Å²) in [5.74, 6) is 0.210. The van der Waals surface area contributed by atoms with E-state index in [-0.39, 0.29) is 17.5 Å². The number of Topliss-reactive ketones (excluding diaryl/α,β-unsaturated/α-hetero) is 2. The smallest absolute Gasteiger partial charge is 0.180 e. The summed E-state index contributed by atoms with van der Waals surface area (Å²) in [5.41, 5.74) is 0.535. The van der Waals surface area contributed by atoms with Crippen LogP contribution in [0.1, 0.15) is 35.2 Å². The van der Waals surface area contributed by atoms with Crippen LogP contribution in [0.15, 0.2) is 67.3 Å². The normalized spacial score (nSPS) is 21.8. The Bertz CT molecular complexity index is 779. The molecule has 1 aliphatic rings. The van der Waals surface area contributed by atoms with Gasteiger partial charge in [0.2, 0.25) is 0 Å². The topological polar surface area (TPSA) is 43.4 Å². The molecule has 122 valence electrons. The average molecular weight is 320 g/mol. The van der Waals surface area contributed by atoms with Crippen molar-refractivity contribution in [1.82, 2.24) is 0 Å². The maximum Gasteiger partial charge on any atom is 0.180 e. The van der Waals surface area contributed by atoms with E-state index in [0.29, 0.717) is 24.3 Å². The molecule has 2 aromatic rings. The molecule has 0 saturated heterocycles. The van der Waals surface area contributed by atoms with Crippen LogP contribution in [0.5, 0.6) is 5.75 Å². The van der Waals surface area contributed by atoms with Gasteiger partial charge in [-0.3, -0.25) is 9.59 Å². The molecule has 1 aliphatic carbocycles. The van der Waals surface area contributed by atoms with Gasteiger partial charge in [-0.05, 0) is 31.0 Å². The van der Waals surface area contributed by atoms with Crippen molar-refractivity contribution in [1.29, 1.82) is 0 Å². The van der Waals surface area contributed by atoms with Gasteiger partial charge in [-0.15, -0.1) is 0 Å². The summed E-state index contributed by atoms with van der Waals surface area (Å²) in [6.07, 6.45) is 2.19. The van der Waals surface area contributed by atoms with Crippen LogP contribution in [0.2, 0.25) is 0 Å². The lowest BCUT2D eigenvalue weighted by Crippen LogP contribution is -2.26. The van der Waals surface area contributed by atoms with Gasteiger partial charge in [-0.2, -0.15) is 0 Å². The molecular formula is C21H20O3. The van der Waals surface area contributed by atoms with Crippen LogP contribution in [0, 0.1) is 5.41 Å². The number of hydrogen-bond donors (Lipinski definition) is 0. The monoisotopic (exact) mass is 320 g/mol. The third-order valence-corrected chi connectivity index (χ3v) is 4.68. The predicted octanol–water partition coefficient (Wildman–Crippen LogP) is 4.20. The highest BCUT2D eigenvalue weighted by Gasteiger charge is 2.64. The fourth-order valence-electron chi connectivity index (χ4n) is 3.32. The first-order valence-corrected chi connectivity index (χ1v) is 8.04. The van der Waals surface area contributed by atoms with Crippen LogP contribution < -0.4 is 4.74 Å². The van der Waals surface area contributed by atoms with Crippen LogP contribution in [0.3, 0.4) is 0 Å². The van der Waals surface area contributed by atoms with Crippen molar-refractivity contribution in [2.45, 2.75) is 19.3 Å². The van der Waals surface area contributed by atoms with Crippen molar-refractivity contribution in [3.8, 4) is 5.75 Å². The van der Waals surface area contributed by atoms with E-state index in [4.69, 9.17) is 4.74 Å². The summed E-state index contributed by atoms with van der Waals surface area (Å²) in [6.45, 7) is 5.45. The molecule has 1 fully saturated rings. The number of hydrogen-bond acceptors (Lipinski definition) is 3. The Morgan fingerprint density at radius 2 is 1.83 bits per heavy atom. The van der Waals surface area contributed by atoms with E-state index in [1.807, 2.05) is 36.4 Å².